The Balaban J connectivity index is 1.37. The number of rotatable bonds is 11. The lowest BCUT2D eigenvalue weighted by atomic mass is 9.97. The molecule has 2 N–H and O–H groups in total. The molecule has 2 aliphatic rings. The zero-order valence-electron chi connectivity index (χ0n) is 24.0. The van der Waals surface area contributed by atoms with Gasteiger partial charge in [0.2, 0.25) is 0 Å². The van der Waals surface area contributed by atoms with Gasteiger partial charge in [0.1, 0.15) is 17.3 Å². The van der Waals surface area contributed by atoms with Crippen molar-refractivity contribution in [3.05, 3.63) is 45.7 Å². The molecule has 1 amide bonds. The van der Waals surface area contributed by atoms with Crippen molar-refractivity contribution in [2.45, 2.75) is 42.7 Å². The third kappa shape index (κ3) is 7.39. The number of anilines is 2. The summed E-state index contributed by atoms with van der Waals surface area (Å²) >= 11 is 10.3. The first-order valence-corrected chi connectivity index (χ1v) is 16.8. The SMILES string of the molecule is COC[C@@H]1CCCN1Cc1sc(NC(=O)c2cnc(N3CCC(C(=O)O)CC3)cn2)nc1-c1cc(Cl)c(OC)c(CI)c1. The summed E-state index contributed by atoms with van der Waals surface area (Å²) in [5.74, 6) is -0.228. The first-order valence-electron chi connectivity index (χ1n) is 14.1. The zero-order valence-corrected chi connectivity index (χ0v) is 27.7. The normalized spacial score (nSPS) is 17.8. The van der Waals surface area contributed by atoms with Crippen molar-refractivity contribution in [3.8, 4) is 17.0 Å². The number of nitrogens with zero attached hydrogens (tertiary/aromatic N) is 5. The van der Waals surface area contributed by atoms with Crippen molar-refractivity contribution in [3.63, 3.8) is 0 Å². The maximum absolute atomic E-state index is 13.2. The Morgan fingerprint density at radius 2 is 1.95 bits per heavy atom. The molecule has 0 saturated carbocycles. The molecule has 14 heteroatoms. The van der Waals surface area contributed by atoms with Gasteiger partial charge < -0.3 is 19.5 Å². The Morgan fingerprint density at radius 3 is 2.60 bits per heavy atom. The molecular formula is C29H34ClIN6O5S. The van der Waals surface area contributed by atoms with Crippen LogP contribution in [0.3, 0.4) is 0 Å². The maximum Gasteiger partial charge on any atom is 0.306 e. The average Bonchev–Trinajstić information content (AvgIpc) is 3.63. The molecule has 2 aromatic heterocycles. The van der Waals surface area contributed by atoms with Gasteiger partial charge in [-0.2, -0.15) is 0 Å². The van der Waals surface area contributed by atoms with E-state index in [-0.39, 0.29) is 11.6 Å². The number of ether oxygens (including phenoxy) is 2. The summed E-state index contributed by atoms with van der Waals surface area (Å²) < 4.78 is 11.7. The zero-order chi connectivity index (χ0) is 30.5. The van der Waals surface area contributed by atoms with Crippen molar-refractivity contribution in [2.24, 2.45) is 5.92 Å². The van der Waals surface area contributed by atoms with Crippen molar-refractivity contribution < 1.29 is 24.2 Å². The summed E-state index contributed by atoms with van der Waals surface area (Å²) in [5, 5.41) is 13.1. The number of aromatic nitrogens is 3. The molecule has 0 radical (unpaired) electrons. The Hall–Kier alpha value is -2.59. The topological polar surface area (TPSA) is 130 Å². The molecule has 2 aliphatic heterocycles. The number of amides is 1. The first kappa shape index (κ1) is 31.8. The molecule has 1 atom stereocenters. The van der Waals surface area contributed by atoms with Crippen molar-refractivity contribution >= 4 is 68.4 Å². The Bertz CT molecular complexity index is 1450. The van der Waals surface area contributed by atoms with Crippen LogP contribution in [0.2, 0.25) is 5.02 Å². The van der Waals surface area contributed by atoms with Gasteiger partial charge in [-0.1, -0.05) is 45.5 Å². The fraction of sp³-hybridized carbons (Fsp3) is 0.483. The number of halogens is 2. The van der Waals surface area contributed by atoms with Crippen molar-refractivity contribution in [2.75, 3.05) is 50.7 Å². The van der Waals surface area contributed by atoms with Crippen LogP contribution in [0.1, 0.15) is 46.6 Å². The van der Waals surface area contributed by atoms with Crippen LogP contribution in [0.4, 0.5) is 10.9 Å². The summed E-state index contributed by atoms with van der Waals surface area (Å²) in [6.45, 7) is 3.47. The smallest absolute Gasteiger partial charge is 0.306 e. The van der Waals surface area contributed by atoms with E-state index in [0.29, 0.717) is 71.3 Å². The Kier molecular flexibility index (Phi) is 10.7. The lowest BCUT2D eigenvalue weighted by molar-refractivity contribution is -0.142. The number of methoxy groups -OCH3 is 2. The molecule has 230 valence electrons. The summed E-state index contributed by atoms with van der Waals surface area (Å²) in [4.78, 5) is 43.5. The molecule has 11 nitrogen and oxygen atoms in total. The van der Waals surface area contributed by atoms with Crippen LogP contribution in [-0.2, 0) is 20.5 Å². The maximum atomic E-state index is 13.2. The van der Waals surface area contributed by atoms with Crippen LogP contribution in [0, 0.1) is 5.92 Å². The molecule has 0 spiro atoms. The number of hydrogen-bond acceptors (Lipinski definition) is 10. The van der Waals surface area contributed by atoms with Crippen LogP contribution in [-0.4, -0.2) is 83.3 Å². The lowest BCUT2D eigenvalue weighted by Crippen LogP contribution is -2.36. The van der Waals surface area contributed by atoms with E-state index < -0.39 is 11.9 Å². The highest BCUT2D eigenvalue weighted by Gasteiger charge is 2.28. The summed E-state index contributed by atoms with van der Waals surface area (Å²) in [6, 6.07) is 4.23. The van der Waals surface area contributed by atoms with Crippen LogP contribution >= 0.6 is 45.5 Å². The third-order valence-electron chi connectivity index (χ3n) is 7.90. The number of thiazole rings is 1. The number of carboxylic acids is 1. The highest BCUT2D eigenvalue weighted by Crippen LogP contribution is 2.39. The van der Waals surface area contributed by atoms with Crippen molar-refractivity contribution in [1.29, 1.82) is 0 Å². The van der Waals surface area contributed by atoms with E-state index in [1.54, 1.807) is 20.4 Å². The second kappa shape index (κ2) is 14.5. The monoisotopic (exact) mass is 740 g/mol. The number of benzene rings is 1. The Labute approximate surface area is 273 Å². The molecule has 43 heavy (non-hydrogen) atoms. The number of carbonyl (C=O) groups excluding carboxylic acids is 1. The molecule has 3 aromatic rings. The number of carbonyl (C=O) groups is 2. The number of alkyl halides is 1. The van der Waals surface area contributed by atoms with Crippen LogP contribution < -0.4 is 15.0 Å². The predicted octanol–water partition coefficient (Wildman–Crippen LogP) is 5.36. The van der Waals surface area contributed by atoms with E-state index >= 15 is 0 Å². The number of carboxylic acid groups (broad SMARTS) is 1. The largest absolute Gasteiger partial charge is 0.495 e. The summed E-state index contributed by atoms with van der Waals surface area (Å²) in [5.41, 5.74) is 2.77. The summed E-state index contributed by atoms with van der Waals surface area (Å²) in [6.07, 6.45) is 6.28. The highest BCUT2D eigenvalue weighted by molar-refractivity contribution is 14.1. The number of aliphatic carboxylic acids is 1. The molecule has 0 unspecified atom stereocenters. The standard InChI is InChI=1S/C29H34ClIN6O5S/c1-41-16-20-4-3-7-37(20)15-23-25(18-10-19(12-31)26(42-2)21(30)11-18)34-29(43-23)35-27(38)22-13-33-24(14-32-22)36-8-5-17(6-9-36)28(39)40/h10-11,13-14,17,20H,3-9,12,15-16H2,1-2H3,(H,39,40)(H,34,35,38)/t20-/m0/s1. The number of nitrogens with one attached hydrogen (secondary N) is 1. The number of piperidine rings is 1. The van der Waals surface area contributed by atoms with Crippen LogP contribution in [0.5, 0.6) is 5.75 Å². The predicted molar refractivity (Wildman–Crippen MR) is 175 cm³/mol. The molecule has 2 saturated heterocycles. The van der Waals surface area contributed by atoms with E-state index in [4.69, 9.17) is 26.1 Å². The minimum atomic E-state index is -0.762. The molecule has 5 rings (SSSR count). The average molecular weight is 741 g/mol. The third-order valence-corrected chi connectivity index (χ3v) is 9.96. The minimum Gasteiger partial charge on any atom is -0.495 e. The van der Waals surface area contributed by atoms with Crippen LogP contribution in [0.15, 0.2) is 24.5 Å². The van der Waals surface area contributed by atoms with E-state index in [2.05, 4.69) is 42.8 Å². The van der Waals surface area contributed by atoms with E-state index in [0.717, 1.165) is 41.1 Å². The van der Waals surface area contributed by atoms with E-state index in [1.807, 2.05) is 17.0 Å². The highest BCUT2D eigenvalue weighted by atomic mass is 127. The van der Waals surface area contributed by atoms with Gasteiger partial charge >= 0.3 is 5.97 Å². The lowest BCUT2D eigenvalue weighted by Gasteiger charge is -2.30. The molecule has 0 bridgehead atoms. The van der Waals surface area contributed by atoms with Gasteiger partial charge in [-0.3, -0.25) is 19.8 Å². The van der Waals surface area contributed by atoms with Gasteiger partial charge in [0.25, 0.3) is 5.91 Å². The number of hydrogen-bond donors (Lipinski definition) is 2. The molecular weight excluding hydrogens is 707 g/mol. The quantitative estimate of drug-likeness (QED) is 0.196. The van der Waals surface area contributed by atoms with Gasteiger partial charge in [-0.15, -0.1) is 0 Å². The van der Waals surface area contributed by atoms with Gasteiger partial charge in [-0.25, -0.2) is 15.0 Å². The minimum absolute atomic E-state index is 0.168. The van der Waals surface area contributed by atoms with E-state index in [1.165, 1.54) is 17.5 Å². The van der Waals surface area contributed by atoms with Gasteiger partial charge in [-0.05, 0) is 44.4 Å². The van der Waals surface area contributed by atoms with Gasteiger partial charge in [0.05, 0.1) is 42.7 Å². The molecule has 2 fully saturated rings. The van der Waals surface area contributed by atoms with E-state index in [9.17, 15) is 14.7 Å². The van der Waals surface area contributed by atoms with Crippen molar-refractivity contribution in [1.82, 2.24) is 19.9 Å². The summed E-state index contributed by atoms with van der Waals surface area (Å²) in [7, 11) is 3.34. The second-order valence-corrected chi connectivity index (χ2v) is 12.9. The van der Waals surface area contributed by atoms with Gasteiger partial charge in [0.15, 0.2) is 5.13 Å². The fourth-order valence-corrected chi connectivity index (χ4v) is 7.53. The van der Waals surface area contributed by atoms with Crippen LogP contribution in [0.25, 0.3) is 11.3 Å². The molecule has 4 heterocycles. The molecule has 0 aliphatic carbocycles. The fourth-order valence-electron chi connectivity index (χ4n) is 5.64. The first-order chi connectivity index (χ1) is 20.8. The van der Waals surface area contributed by atoms with Gasteiger partial charge in [0, 0.05) is 53.2 Å². The Morgan fingerprint density at radius 1 is 1.16 bits per heavy atom. The number of likely N-dealkylation sites (tertiary alicyclic amines) is 1. The second-order valence-electron chi connectivity index (χ2n) is 10.6. The molecule has 1 aromatic carbocycles.